The number of ether oxygens (including phenoxy) is 1. The second-order valence-electron chi connectivity index (χ2n) is 9.19. The van der Waals surface area contributed by atoms with E-state index >= 15 is 0 Å². The van der Waals surface area contributed by atoms with Crippen LogP contribution in [0.25, 0.3) is 23.4 Å². The first kappa shape index (κ1) is 23.7. The van der Waals surface area contributed by atoms with E-state index in [9.17, 15) is 4.79 Å². The standard InChI is InChI=1S/C27H30N4O2S/c1-27(2,3)33-26(32)29-17-23(21-7-5-8-21)30-25-31-24(18-34-25)22-9-4-6-20(16-22)11-10-19-12-14-28-15-13-19/h4,6,9-16,18H,5,7-8,17H2,1-3H3,(H,29,32)(H,30,31)/b11-10+. The van der Waals surface area contributed by atoms with Crippen LogP contribution in [0, 0.1) is 0 Å². The van der Waals surface area contributed by atoms with Crippen molar-refractivity contribution < 1.29 is 9.53 Å². The zero-order valence-corrected chi connectivity index (χ0v) is 20.6. The van der Waals surface area contributed by atoms with Gasteiger partial charge in [0.2, 0.25) is 0 Å². The maximum Gasteiger partial charge on any atom is 0.407 e. The number of allylic oxidation sites excluding steroid dienone is 1. The predicted molar refractivity (Wildman–Crippen MR) is 139 cm³/mol. The third kappa shape index (κ3) is 6.78. The van der Waals surface area contributed by atoms with Gasteiger partial charge in [-0.15, -0.1) is 11.3 Å². The molecule has 1 aliphatic carbocycles. The fourth-order valence-corrected chi connectivity index (χ4v) is 4.19. The summed E-state index contributed by atoms with van der Waals surface area (Å²) in [5.41, 5.74) is 6.01. The van der Waals surface area contributed by atoms with Crippen molar-refractivity contribution >= 4 is 34.7 Å². The van der Waals surface area contributed by atoms with Crippen molar-refractivity contribution in [3.05, 3.63) is 76.6 Å². The molecule has 2 N–H and O–H groups in total. The maximum absolute atomic E-state index is 12.1. The molecule has 0 atom stereocenters. The highest BCUT2D eigenvalue weighted by atomic mass is 32.1. The number of nitrogens with zero attached hydrogens (tertiary/aromatic N) is 2. The number of thiazole rings is 1. The number of carbonyl (C=O) groups excluding carboxylic acids is 1. The van der Waals surface area contributed by atoms with Gasteiger partial charge in [-0.25, -0.2) is 9.78 Å². The molecule has 0 radical (unpaired) electrons. The van der Waals surface area contributed by atoms with E-state index in [0.29, 0.717) is 6.54 Å². The van der Waals surface area contributed by atoms with Crippen LogP contribution in [0.4, 0.5) is 9.93 Å². The number of pyridine rings is 1. The van der Waals surface area contributed by atoms with Crippen LogP contribution in [0.5, 0.6) is 0 Å². The van der Waals surface area contributed by atoms with Crippen molar-refractivity contribution in [3.8, 4) is 11.3 Å². The zero-order valence-electron chi connectivity index (χ0n) is 19.8. The molecular weight excluding hydrogens is 444 g/mol. The fraction of sp³-hybridized carbons (Fsp3) is 0.296. The Kier molecular flexibility index (Phi) is 7.43. The van der Waals surface area contributed by atoms with Gasteiger partial charge in [0.05, 0.1) is 12.2 Å². The molecule has 3 aromatic rings. The Balaban J connectivity index is 1.43. The summed E-state index contributed by atoms with van der Waals surface area (Å²) in [6.45, 7) is 5.97. The van der Waals surface area contributed by atoms with Gasteiger partial charge in [0.15, 0.2) is 5.13 Å². The summed E-state index contributed by atoms with van der Waals surface area (Å²) in [4.78, 5) is 21.0. The number of nitrogens with one attached hydrogen (secondary N) is 2. The molecule has 1 amide bonds. The van der Waals surface area contributed by atoms with Crippen LogP contribution in [0.3, 0.4) is 0 Å². The first-order valence-corrected chi connectivity index (χ1v) is 12.3. The largest absolute Gasteiger partial charge is 0.444 e. The number of benzene rings is 1. The minimum absolute atomic E-state index is 0.397. The van der Waals surface area contributed by atoms with Crippen LogP contribution >= 0.6 is 11.3 Å². The lowest BCUT2D eigenvalue weighted by atomic mass is 9.90. The first-order chi connectivity index (χ1) is 16.4. The SMILES string of the molecule is CC(C)(C)OC(=O)NCC(Nc1nc(-c2cccc(/C=C/c3ccncc3)c2)cs1)=C1CCC1. The van der Waals surface area contributed by atoms with E-state index < -0.39 is 11.7 Å². The summed E-state index contributed by atoms with van der Waals surface area (Å²) in [5.74, 6) is 0. The van der Waals surface area contributed by atoms with Crippen molar-refractivity contribution in [2.45, 2.75) is 45.6 Å². The Morgan fingerprint density at radius 2 is 1.88 bits per heavy atom. The van der Waals surface area contributed by atoms with Gasteiger partial charge in [-0.3, -0.25) is 4.98 Å². The normalized spacial score (nSPS) is 13.4. The lowest BCUT2D eigenvalue weighted by molar-refractivity contribution is 0.0532. The Morgan fingerprint density at radius 1 is 1.12 bits per heavy atom. The second-order valence-corrected chi connectivity index (χ2v) is 10.1. The molecule has 1 aromatic carbocycles. The Morgan fingerprint density at radius 3 is 2.59 bits per heavy atom. The molecular formula is C27H30N4O2S. The summed E-state index contributed by atoms with van der Waals surface area (Å²) in [6.07, 6.45) is 10.6. The molecule has 1 aliphatic rings. The van der Waals surface area contributed by atoms with E-state index in [1.807, 2.05) is 39.0 Å². The second kappa shape index (κ2) is 10.7. The third-order valence-corrected chi connectivity index (χ3v) is 6.07. The van der Waals surface area contributed by atoms with E-state index in [1.54, 1.807) is 23.7 Å². The molecule has 4 rings (SSSR count). The topological polar surface area (TPSA) is 76.1 Å². The Hall–Kier alpha value is -3.45. The first-order valence-electron chi connectivity index (χ1n) is 11.4. The Bertz CT molecular complexity index is 1190. The van der Waals surface area contributed by atoms with E-state index in [0.717, 1.165) is 46.1 Å². The van der Waals surface area contributed by atoms with E-state index in [2.05, 4.69) is 51.3 Å². The average molecular weight is 475 g/mol. The molecule has 0 spiro atoms. The highest BCUT2D eigenvalue weighted by molar-refractivity contribution is 7.14. The minimum Gasteiger partial charge on any atom is -0.444 e. The highest BCUT2D eigenvalue weighted by Gasteiger charge is 2.19. The number of hydrogen-bond acceptors (Lipinski definition) is 6. The highest BCUT2D eigenvalue weighted by Crippen LogP contribution is 2.31. The molecule has 7 heteroatoms. The molecule has 0 aliphatic heterocycles. The van der Waals surface area contributed by atoms with Crippen LogP contribution in [-0.4, -0.2) is 28.2 Å². The number of aromatic nitrogens is 2. The summed E-state index contributed by atoms with van der Waals surface area (Å²) < 4.78 is 5.37. The van der Waals surface area contributed by atoms with Crippen molar-refractivity contribution in [2.75, 3.05) is 11.9 Å². The van der Waals surface area contributed by atoms with Gasteiger partial charge in [-0.05, 0) is 74.9 Å². The number of anilines is 1. The van der Waals surface area contributed by atoms with Crippen molar-refractivity contribution in [3.63, 3.8) is 0 Å². The molecule has 0 unspecified atom stereocenters. The number of rotatable bonds is 7. The number of amides is 1. The van der Waals surface area contributed by atoms with Gasteiger partial charge in [-0.2, -0.15) is 0 Å². The van der Waals surface area contributed by atoms with Crippen molar-refractivity contribution in [1.29, 1.82) is 0 Å². The summed E-state index contributed by atoms with van der Waals surface area (Å²) >= 11 is 1.56. The molecule has 34 heavy (non-hydrogen) atoms. The van der Waals surface area contributed by atoms with Gasteiger partial charge >= 0.3 is 6.09 Å². The van der Waals surface area contributed by atoms with Crippen LogP contribution < -0.4 is 10.6 Å². The molecule has 0 saturated heterocycles. The lowest BCUT2D eigenvalue weighted by Gasteiger charge is -2.24. The third-order valence-electron chi connectivity index (χ3n) is 5.31. The summed E-state index contributed by atoms with van der Waals surface area (Å²) in [7, 11) is 0. The van der Waals surface area contributed by atoms with Gasteiger partial charge in [0.25, 0.3) is 0 Å². The quantitative estimate of drug-likeness (QED) is 0.396. The molecule has 0 bridgehead atoms. The van der Waals surface area contributed by atoms with Crippen molar-refractivity contribution in [1.82, 2.24) is 15.3 Å². The summed E-state index contributed by atoms with van der Waals surface area (Å²) in [6, 6.07) is 12.3. The minimum atomic E-state index is -0.520. The molecule has 1 fully saturated rings. The fourth-order valence-electron chi connectivity index (χ4n) is 3.45. The summed E-state index contributed by atoms with van der Waals surface area (Å²) in [5, 5.41) is 9.18. The van der Waals surface area contributed by atoms with E-state index in [-0.39, 0.29) is 0 Å². The van der Waals surface area contributed by atoms with Gasteiger partial charge in [0.1, 0.15) is 5.60 Å². The van der Waals surface area contributed by atoms with Crippen LogP contribution in [-0.2, 0) is 4.74 Å². The maximum atomic E-state index is 12.1. The number of carbonyl (C=O) groups is 1. The van der Waals surface area contributed by atoms with Crippen LogP contribution in [0.15, 0.2) is 65.4 Å². The molecule has 2 heterocycles. The van der Waals surface area contributed by atoms with Crippen molar-refractivity contribution in [2.24, 2.45) is 0 Å². The van der Waals surface area contributed by atoms with E-state index in [4.69, 9.17) is 9.72 Å². The monoisotopic (exact) mass is 474 g/mol. The molecule has 176 valence electrons. The predicted octanol–water partition coefficient (Wildman–Crippen LogP) is 6.75. The smallest absolute Gasteiger partial charge is 0.407 e. The van der Waals surface area contributed by atoms with Crippen LogP contribution in [0.2, 0.25) is 0 Å². The Labute approximate surface area is 204 Å². The van der Waals surface area contributed by atoms with Gasteiger partial charge in [0, 0.05) is 29.0 Å². The molecule has 1 saturated carbocycles. The van der Waals surface area contributed by atoms with Crippen LogP contribution in [0.1, 0.15) is 51.2 Å². The number of alkyl carbamates (subject to hydrolysis) is 1. The van der Waals surface area contributed by atoms with Gasteiger partial charge < -0.3 is 15.4 Å². The molecule has 2 aromatic heterocycles. The lowest BCUT2D eigenvalue weighted by Crippen LogP contribution is -2.35. The average Bonchev–Trinajstić information content (AvgIpc) is 3.23. The number of hydrogen-bond donors (Lipinski definition) is 2. The van der Waals surface area contributed by atoms with Gasteiger partial charge in [-0.1, -0.05) is 30.4 Å². The van der Waals surface area contributed by atoms with E-state index in [1.165, 1.54) is 12.0 Å². The zero-order chi connectivity index (χ0) is 24.0. The molecule has 6 nitrogen and oxygen atoms in total.